The molecule has 5 rings (SSSR count). The monoisotopic (exact) mass is 403 g/mol. The summed E-state index contributed by atoms with van der Waals surface area (Å²) in [5.74, 6) is 0. The quantitative estimate of drug-likeness (QED) is 0.630. The van der Waals surface area contributed by atoms with Crippen LogP contribution in [0.2, 0.25) is 0 Å². The van der Waals surface area contributed by atoms with E-state index in [0.717, 1.165) is 37.1 Å². The lowest BCUT2D eigenvalue weighted by Crippen LogP contribution is -2.34. The minimum Gasteiger partial charge on any atom is -0.371 e. The number of nitriles is 2. The van der Waals surface area contributed by atoms with Crippen LogP contribution in [0.3, 0.4) is 0 Å². The number of rotatable bonds is 3. The van der Waals surface area contributed by atoms with Gasteiger partial charge < -0.3 is 4.90 Å². The molecule has 0 aliphatic carbocycles. The lowest BCUT2D eigenvalue weighted by molar-refractivity contribution is 0.634. The third kappa shape index (κ3) is 3.56. The Morgan fingerprint density at radius 3 is 2.13 bits per heavy atom. The average molecular weight is 403 g/mol. The second-order valence-electron chi connectivity index (χ2n) is 7.96. The van der Waals surface area contributed by atoms with Crippen molar-refractivity contribution >= 4 is 17.8 Å². The van der Waals surface area contributed by atoms with Crippen LogP contribution >= 0.6 is 0 Å². The van der Waals surface area contributed by atoms with Gasteiger partial charge in [0.15, 0.2) is 11.4 Å². The maximum atomic E-state index is 9.42. The van der Waals surface area contributed by atoms with Crippen LogP contribution in [0.15, 0.2) is 42.5 Å². The van der Waals surface area contributed by atoms with Crippen LogP contribution in [-0.2, 0) is 12.8 Å². The number of aryl methyl sites for hydroxylation is 2. The van der Waals surface area contributed by atoms with Crippen molar-refractivity contribution in [1.82, 2.24) is 9.97 Å². The van der Waals surface area contributed by atoms with Crippen molar-refractivity contribution in [1.29, 1.82) is 10.5 Å². The van der Waals surface area contributed by atoms with E-state index in [1.54, 1.807) is 0 Å². The second-order valence-corrected chi connectivity index (χ2v) is 7.96. The largest absolute Gasteiger partial charge is 0.371 e. The van der Waals surface area contributed by atoms with Gasteiger partial charge in [0.25, 0.3) is 0 Å². The number of hydrogen-bond acceptors (Lipinski definition) is 5. The van der Waals surface area contributed by atoms with Gasteiger partial charge in [0.1, 0.15) is 12.1 Å². The Labute approximate surface area is 181 Å². The van der Waals surface area contributed by atoms with Gasteiger partial charge in [0.05, 0.1) is 11.4 Å². The zero-order valence-electron chi connectivity index (χ0n) is 17.2. The smallest absolute Gasteiger partial charge is 0.177 e. The highest BCUT2D eigenvalue weighted by atomic mass is 15.1. The Bertz CT molecular complexity index is 1230. The maximum Gasteiger partial charge on any atom is 0.177 e. The summed E-state index contributed by atoms with van der Waals surface area (Å²) in [6.45, 7) is 2.32. The molecule has 0 radical (unpaired) electrons. The van der Waals surface area contributed by atoms with E-state index in [2.05, 4.69) is 27.0 Å². The highest BCUT2D eigenvalue weighted by Crippen LogP contribution is 2.36. The van der Waals surface area contributed by atoms with Crippen molar-refractivity contribution in [3.63, 3.8) is 0 Å². The first-order chi connectivity index (χ1) is 15.3. The number of anilines is 1. The van der Waals surface area contributed by atoms with Gasteiger partial charge in [0.2, 0.25) is 0 Å². The molecule has 0 fully saturated rings. The standard InChI is InChI=1S/C26H21N5/c27-16-23-24(17-28)30-25(19-6-2-1-3-7-19)22(29-23)11-10-18-14-20-8-4-12-31-13-5-9-21(15-18)26(20)31/h1-3,6-7,10-11,14-15H,4-5,8-9,12-13H2/b11-10+. The van der Waals surface area contributed by atoms with Crippen molar-refractivity contribution in [2.75, 3.05) is 18.0 Å². The van der Waals surface area contributed by atoms with Crippen molar-refractivity contribution < 1.29 is 0 Å². The van der Waals surface area contributed by atoms with Crippen LogP contribution in [-0.4, -0.2) is 23.1 Å². The van der Waals surface area contributed by atoms with Crippen molar-refractivity contribution in [3.05, 3.63) is 76.2 Å². The highest BCUT2D eigenvalue weighted by Gasteiger charge is 2.23. The SMILES string of the molecule is N#Cc1nc(/C=C/c2cc3c4c(c2)CCCN4CCC3)c(-c2ccccc2)nc1C#N. The summed E-state index contributed by atoms with van der Waals surface area (Å²) >= 11 is 0. The number of benzene rings is 2. The summed E-state index contributed by atoms with van der Waals surface area (Å²) in [7, 11) is 0. The normalized spacial score (nSPS) is 14.7. The van der Waals surface area contributed by atoms with Crippen molar-refractivity contribution in [3.8, 4) is 23.4 Å². The van der Waals surface area contributed by atoms with Crippen LogP contribution in [0.1, 0.15) is 46.6 Å². The molecular formula is C26H21N5. The molecule has 0 amide bonds. The fourth-order valence-electron chi connectivity index (χ4n) is 4.63. The van der Waals surface area contributed by atoms with E-state index in [4.69, 9.17) is 0 Å². The van der Waals surface area contributed by atoms with Crippen molar-refractivity contribution in [2.45, 2.75) is 25.7 Å². The first-order valence-electron chi connectivity index (χ1n) is 10.6. The number of nitrogens with zero attached hydrogens (tertiary/aromatic N) is 5. The van der Waals surface area contributed by atoms with Gasteiger partial charge in [-0.3, -0.25) is 0 Å². The second kappa shape index (κ2) is 8.05. The predicted octanol–water partition coefficient (Wildman–Crippen LogP) is 4.76. The van der Waals surface area contributed by atoms with Gasteiger partial charge in [-0.25, -0.2) is 9.97 Å². The van der Waals surface area contributed by atoms with Crippen molar-refractivity contribution in [2.24, 2.45) is 0 Å². The molecule has 0 N–H and O–H groups in total. The maximum absolute atomic E-state index is 9.42. The Hall–Kier alpha value is -3.96. The lowest BCUT2D eigenvalue weighted by atomic mass is 9.90. The van der Waals surface area contributed by atoms with E-state index in [1.807, 2.05) is 54.6 Å². The van der Waals surface area contributed by atoms with Crippen LogP contribution in [0.25, 0.3) is 23.4 Å². The van der Waals surface area contributed by atoms with Crippen LogP contribution < -0.4 is 4.90 Å². The average Bonchev–Trinajstić information content (AvgIpc) is 2.83. The Morgan fingerprint density at radius 2 is 1.48 bits per heavy atom. The van der Waals surface area contributed by atoms with Gasteiger partial charge in [-0.2, -0.15) is 10.5 Å². The third-order valence-electron chi connectivity index (χ3n) is 5.97. The summed E-state index contributed by atoms with van der Waals surface area (Å²) in [5, 5.41) is 18.8. The van der Waals surface area contributed by atoms with Crippen LogP contribution in [0, 0.1) is 22.7 Å². The summed E-state index contributed by atoms with van der Waals surface area (Å²) in [5.41, 5.74) is 7.62. The molecule has 1 aromatic heterocycles. The van der Waals surface area contributed by atoms with E-state index >= 15 is 0 Å². The molecule has 3 heterocycles. The summed E-state index contributed by atoms with van der Waals surface area (Å²) in [6.07, 6.45) is 8.59. The van der Waals surface area contributed by atoms with E-state index in [9.17, 15) is 10.5 Å². The topological polar surface area (TPSA) is 76.6 Å². The van der Waals surface area contributed by atoms with Gasteiger partial charge in [-0.05, 0) is 60.6 Å². The Balaban J connectivity index is 1.59. The molecule has 0 unspecified atom stereocenters. The summed E-state index contributed by atoms with van der Waals surface area (Å²) in [6, 6.07) is 18.2. The molecule has 0 spiro atoms. The fraction of sp³-hybridized carbons (Fsp3) is 0.231. The predicted molar refractivity (Wildman–Crippen MR) is 121 cm³/mol. The van der Waals surface area contributed by atoms with Crippen LogP contribution in [0.5, 0.6) is 0 Å². The molecule has 0 bridgehead atoms. The van der Waals surface area contributed by atoms with Crippen LogP contribution in [0.4, 0.5) is 5.69 Å². The zero-order valence-corrected chi connectivity index (χ0v) is 17.2. The Morgan fingerprint density at radius 1 is 0.839 bits per heavy atom. The van der Waals surface area contributed by atoms with E-state index in [-0.39, 0.29) is 11.4 Å². The fourth-order valence-corrected chi connectivity index (χ4v) is 4.63. The zero-order chi connectivity index (χ0) is 21.2. The molecule has 2 aliphatic rings. The minimum absolute atomic E-state index is 0.0526. The van der Waals surface area contributed by atoms with Gasteiger partial charge in [-0.15, -0.1) is 0 Å². The Kier molecular flexibility index (Phi) is 4.94. The van der Waals surface area contributed by atoms with E-state index < -0.39 is 0 Å². The molecule has 31 heavy (non-hydrogen) atoms. The first-order valence-corrected chi connectivity index (χ1v) is 10.6. The third-order valence-corrected chi connectivity index (χ3v) is 5.97. The molecule has 5 heteroatoms. The molecule has 3 aromatic rings. The molecule has 0 saturated heterocycles. The number of aromatic nitrogens is 2. The van der Waals surface area contributed by atoms with E-state index in [0.29, 0.717) is 11.4 Å². The minimum atomic E-state index is 0.0526. The molecule has 150 valence electrons. The molecule has 0 saturated carbocycles. The molecule has 2 aromatic carbocycles. The molecule has 2 aliphatic heterocycles. The highest BCUT2D eigenvalue weighted by molar-refractivity contribution is 5.79. The lowest BCUT2D eigenvalue weighted by Gasteiger charge is -2.37. The number of hydrogen-bond donors (Lipinski definition) is 0. The van der Waals surface area contributed by atoms with Gasteiger partial charge in [0, 0.05) is 24.3 Å². The van der Waals surface area contributed by atoms with Gasteiger partial charge in [-0.1, -0.05) is 36.4 Å². The summed E-state index contributed by atoms with van der Waals surface area (Å²) in [4.78, 5) is 11.5. The van der Waals surface area contributed by atoms with Gasteiger partial charge >= 0.3 is 0 Å². The molecule has 0 atom stereocenters. The molecule has 5 nitrogen and oxygen atoms in total. The molecular weight excluding hydrogens is 382 g/mol. The summed E-state index contributed by atoms with van der Waals surface area (Å²) < 4.78 is 0. The first kappa shape index (κ1) is 19.0. The van der Waals surface area contributed by atoms with E-state index in [1.165, 1.54) is 29.7 Å².